The Morgan fingerprint density at radius 3 is 3.00 bits per heavy atom. The highest BCUT2D eigenvalue weighted by Crippen LogP contribution is 2.21. The molecule has 2 rings (SSSR count). The molecule has 0 saturated heterocycles. The smallest absolute Gasteiger partial charge is 0.343 e. The van der Waals surface area contributed by atoms with Crippen LogP contribution >= 0.6 is 11.8 Å². The number of aliphatic hydroxyl groups excluding tert-OH is 1. The summed E-state index contributed by atoms with van der Waals surface area (Å²) in [6.07, 6.45) is 0.881. The average molecular weight is 303 g/mol. The van der Waals surface area contributed by atoms with Gasteiger partial charge in [0.1, 0.15) is 6.61 Å². The van der Waals surface area contributed by atoms with Crippen molar-refractivity contribution in [2.45, 2.75) is 30.8 Å². The van der Waals surface area contributed by atoms with E-state index in [2.05, 4.69) is 22.0 Å². The molecule has 1 heterocycles. The van der Waals surface area contributed by atoms with Crippen LogP contribution in [-0.4, -0.2) is 26.5 Å². The van der Waals surface area contributed by atoms with Crippen molar-refractivity contribution in [3.63, 3.8) is 0 Å². The number of hydrogen-bond acceptors (Lipinski definition) is 4. The molecule has 21 heavy (non-hydrogen) atoms. The third-order valence-corrected chi connectivity index (χ3v) is 3.87. The zero-order valence-electron chi connectivity index (χ0n) is 11.8. The maximum absolute atomic E-state index is 11.6. The van der Waals surface area contributed by atoms with E-state index in [0.29, 0.717) is 17.5 Å². The minimum absolute atomic E-state index is 0.156. The lowest BCUT2D eigenvalue weighted by molar-refractivity contribution is 0.350. The highest BCUT2D eigenvalue weighted by atomic mass is 32.2. The van der Waals surface area contributed by atoms with Crippen LogP contribution < -0.4 is 5.69 Å². The van der Waals surface area contributed by atoms with Gasteiger partial charge in [-0.1, -0.05) is 48.7 Å². The van der Waals surface area contributed by atoms with Gasteiger partial charge in [0.2, 0.25) is 0 Å². The summed E-state index contributed by atoms with van der Waals surface area (Å²) in [5.74, 6) is 6.26. The fraction of sp³-hybridized carbons (Fsp3) is 0.333. The average Bonchev–Trinajstić information content (AvgIpc) is 2.85. The van der Waals surface area contributed by atoms with E-state index in [9.17, 15) is 4.79 Å². The molecule has 2 N–H and O–H groups in total. The summed E-state index contributed by atoms with van der Waals surface area (Å²) in [5.41, 5.74) is 1.77. The van der Waals surface area contributed by atoms with Gasteiger partial charge < -0.3 is 5.11 Å². The molecule has 0 unspecified atom stereocenters. The Balaban J connectivity index is 2.15. The van der Waals surface area contributed by atoms with Crippen LogP contribution in [0.2, 0.25) is 0 Å². The lowest BCUT2D eigenvalue weighted by Crippen LogP contribution is -2.17. The lowest BCUT2D eigenvalue weighted by atomic mass is 10.1. The standard InChI is InChI=1S/C15H17N3O2S/c1-2-9-18-14(20)16-17-15(18)21-11-13-7-4-3-6-12(13)8-5-10-19/h3-4,6-7,19H,2,9-11H2,1H3,(H,16,20). The minimum Gasteiger partial charge on any atom is -0.384 e. The summed E-state index contributed by atoms with van der Waals surface area (Å²) < 4.78 is 1.65. The van der Waals surface area contributed by atoms with Crippen molar-refractivity contribution in [1.82, 2.24) is 14.8 Å². The first-order chi connectivity index (χ1) is 10.3. The van der Waals surface area contributed by atoms with E-state index in [-0.39, 0.29) is 12.3 Å². The number of benzene rings is 1. The molecule has 0 aliphatic heterocycles. The van der Waals surface area contributed by atoms with Gasteiger partial charge in [0.05, 0.1) is 0 Å². The summed E-state index contributed by atoms with van der Waals surface area (Å²) in [5, 5.41) is 16.0. The van der Waals surface area contributed by atoms with Crippen molar-refractivity contribution in [1.29, 1.82) is 0 Å². The van der Waals surface area contributed by atoms with Crippen LogP contribution in [-0.2, 0) is 12.3 Å². The molecule has 5 nitrogen and oxygen atoms in total. The number of aromatic nitrogens is 3. The van der Waals surface area contributed by atoms with E-state index in [4.69, 9.17) is 5.11 Å². The van der Waals surface area contributed by atoms with Gasteiger partial charge >= 0.3 is 5.69 Å². The molecule has 110 valence electrons. The quantitative estimate of drug-likeness (QED) is 0.650. The summed E-state index contributed by atoms with van der Waals surface area (Å²) >= 11 is 1.50. The molecule has 0 saturated carbocycles. The number of H-pyrrole nitrogens is 1. The highest BCUT2D eigenvalue weighted by Gasteiger charge is 2.09. The number of rotatable bonds is 5. The van der Waals surface area contributed by atoms with Crippen molar-refractivity contribution < 1.29 is 5.11 Å². The first kappa shape index (κ1) is 15.4. The maximum Gasteiger partial charge on any atom is 0.343 e. The highest BCUT2D eigenvalue weighted by molar-refractivity contribution is 7.98. The normalized spacial score (nSPS) is 10.2. The van der Waals surface area contributed by atoms with Crippen LogP contribution in [0, 0.1) is 11.8 Å². The molecule has 0 atom stereocenters. The Kier molecular flexibility index (Phi) is 5.67. The molecule has 2 aromatic rings. The summed E-state index contributed by atoms with van der Waals surface area (Å²) in [6.45, 7) is 2.52. The maximum atomic E-state index is 11.6. The van der Waals surface area contributed by atoms with Crippen LogP contribution in [0.5, 0.6) is 0 Å². The van der Waals surface area contributed by atoms with Gasteiger partial charge in [0, 0.05) is 17.9 Å². The van der Waals surface area contributed by atoms with Crippen LogP contribution in [0.1, 0.15) is 24.5 Å². The first-order valence-electron chi connectivity index (χ1n) is 6.72. The number of aliphatic hydroxyl groups is 1. The second-order valence-corrected chi connectivity index (χ2v) is 5.31. The zero-order chi connectivity index (χ0) is 15.1. The third-order valence-electron chi connectivity index (χ3n) is 2.85. The summed E-state index contributed by atoms with van der Waals surface area (Å²) in [7, 11) is 0. The van der Waals surface area contributed by atoms with Crippen LogP contribution in [0.15, 0.2) is 34.2 Å². The molecular formula is C15H17N3O2S. The Morgan fingerprint density at radius 2 is 2.24 bits per heavy atom. The van der Waals surface area contributed by atoms with Gasteiger partial charge in [-0.2, -0.15) is 0 Å². The molecule has 0 spiro atoms. The van der Waals surface area contributed by atoms with Crippen molar-refractivity contribution in [2.75, 3.05) is 6.61 Å². The van der Waals surface area contributed by atoms with E-state index >= 15 is 0 Å². The Labute approximate surface area is 127 Å². The van der Waals surface area contributed by atoms with Gasteiger partial charge in [-0.25, -0.2) is 9.89 Å². The second-order valence-electron chi connectivity index (χ2n) is 4.37. The minimum atomic E-state index is -0.173. The molecule has 1 aromatic carbocycles. The molecule has 0 radical (unpaired) electrons. The largest absolute Gasteiger partial charge is 0.384 e. The van der Waals surface area contributed by atoms with Gasteiger partial charge in [-0.3, -0.25) is 4.57 Å². The molecule has 0 fully saturated rings. The van der Waals surface area contributed by atoms with E-state index in [1.807, 2.05) is 31.2 Å². The second kappa shape index (κ2) is 7.72. The number of nitrogens with one attached hydrogen (secondary N) is 1. The Bertz CT molecular complexity index is 709. The number of hydrogen-bond donors (Lipinski definition) is 2. The van der Waals surface area contributed by atoms with E-state index in [1.165, 1.54) is 11.8 Å². The number of aromatic amines is 1. The lowest BCUT2D eigenvalue weighted by Gasteiger charge is -2.05. The molecule has 1 aromatic heterocycles. The predicted octanol–water partition coefficient (Wildman–Crippen LogP) is 1.62. The van der Waals surface area contributed by atoms with Crippen molar-refractivity contribution in [2.24, 2.45) is 0 Å². The van der Waals surface area contributed by atoms with Crippen LogP contribution in [0.25, 0.3) is 0 Å². The summed E-state index contributed by atoms with van der Waals surface area (Å²) in [4.78, 5) is 11.6. The molecule has 0 amide bonds. The Morgan fingerprint density at radius 1 is 1.43 bits per heavy atom. The fourth-order valence-corrected chi connectivity index (χ4v) is 2.86. The van der Waals surface area contributed by atoms with E-state index in [0.717, 1.165) is 17.5 Å². The Hall–Kier alpha value is -1.97. The molecular weight excluding hydrogens is 286 g/mol. The monoisotopic (exact) mass is 303 g/mol. The molecule has 0 aliphatic carbocycles. The van der Waals surface area contributed by atoms with Gasteiger partial charge in [-0.15, -0.1) is 5.10 Å². The van der Waals surface area contributed by atoms with Gasteiger partial charge in [0.25, 0.3) is 0 Å². The van der Waals surface area contributed by atoms with Crippen LogP contribution in [0.4, 0.5) is 0 Å². The fourth-order valence-electron chi connectivity index (χ4n) is 1.88. The third kappa shape index (κ3) is 4.00. The van der Waals surface area contributed by atoms with Crippen LogP contribution in [0.3, 0.4) is 0 Å². The SMILES string of the molecule is CCCn1c(SCc2ccccc2C#CCO)n[nH]c1=O. The van der Waals surface area contributed by atoms with Crippen molar-refractivity contribution in [3.05, 3.63) is 45.9 Å². The molecule has 0 aliphatic rings. The molecule has 6 heteroatoms. The first-order valence-corrected chi connectivity index (χ1v) is 7.70. The van der Waals surface area contributed by atoms with E-state index in [1.54, 1.807) is 4.57 Å². The van der Waals surface area contributed by atoms with Crippen molar-refractivity contribution >= 4 is 11.8 Å². The predicted molar refractivity (Wildman–Crippen MR) is 83.1 cm³/mol. The number of nitrogens with zero attached hydrogens (tertiary/aromatic N) is 2. The van der Waals surface area contributed by atoms with Gasteiger partial charge in [0.15, 0.2) is 5.16 Å². The van der Waals surface area contributed by atoms with Gasteiger partial charge in [-0.05, 0) is 18.1 Å². The topological polar surface area (TPSA) is 70.9 Å². The van der Waals surface area contributed by atoms with Crippen molar-refractivity contribution in [3.8, 4) is 11.8 Å². The van der Waals surface area contributed by atoms with E-state index < -0.39 is 0 Å². The summed E-state index contributed by atoms with van der Waals surface area (Å²) in [6, 6.07) is 7.77. The number of thioether (sulfide) groups is 1. The molecule has 0 bridgehead atoms. The zero-order valence-corrected chi connectivity index (χ0v) is 12.6.